The molecule has 0 aliphatic heterocycles. The van der Waals surface area contributed by atoms with E-state index in [2.05, 4.69) is 0 Å². The van der Waals surface area contributed by atoms with Gasteiger partial charge in [-0.3, -0.25) is 4.79 Å². The van der Waals surface area contributed by atoms with Gasteiger partial charge in [-0.15, -0.1) is 0 Å². The van der Waals surface area contributed by atoms with Crippen LogP contribution in [0, 0.1) is 6.92 Å². The number of benzene rings is 1. The molecule has 0 radical (unpaired) electrons. The third-order valence-corrected chi connectivity index (χ3v) is 2.38. The first-order chi connectivity index (χ1) is 7.54. The van der Waals surface area contributed by atoms with Crippen molar-refractivity contribution in [3.8, 4) is 11.5 Å². The molecular weight excluding hydrogens is 208 g/mol. The van der Waals surface area contributed by atoms with Gasteiger partial charge < -0.3 is 14.9 Å². The Bertz CT molecular complexity index is 362. The summed E-state index contributed by atoms with van der Waals surface area (Å²) < 4.78 is 5.03. The predicted molar refractivity (Wildman–Crippen MR) is 60.0 cm³/mol. The fourth-order valence-electron chi connectivity index (χ4n) is 1.68. The zero-order chi connectivity index (χ0) is 12.1. The van der Waals surface area contributed by atoms with Crippen molar-refractivity contribution in [2.24, 2.45) is 0 Å². The van der Waals surface area contributed by atoms with E-state index < -0.39 is 5.97 Å². The average molecular weight is 224 g/mol. The number of phenols is 1. The van der Waals surface area contributed by atoms with E-state index in [1.165, 1.54) is 7.11 Å². The molecular formula is C12H16O4. The Morgan fingerprint density at radius 3 is 2.62 bits per heavy atom. The minimum absolute atomic E-state index is 0.104. The van der Waals surface area contributed by atoms with Gasteiger partial charge in [-0.05, 0) is 37.0 Å². The van der Waals surface area contributed by atoms with Gasteiger partial charge in [-0.2, -0.15) is 0 Å². The molecule has 1 aromatic rings. The highest BCUT2D eigenvalue weighted by Crippen LogP contribution is 2.31. The molecule has 0 fully saturated rings. The maximum Gasteiger partial charge on any atom is 0.303 e. The topological polar surface area (TPSA) is 66.8 Å². The van der Waals surface area contributed by atoms with Crippen LogP contribution in [-0.2, 0) is 11.2 Å². The second-order valence-electron chi connectivity index (χ2n) is 3.71. The fraction of sp³-hybridized carbons (Fsp3) is 0.417. The molecule has 0 spiro atoms. The van der Waals surface area contributed by atoms with E-state index in [1.54, 1.807) is 6.07 Å². The van der Waals surface area contributed by atoms with Crippen molar-refractivity contribution in [3.63, 3.8) is 0 Å². The number of hydrogen-bond acceptors (Lipinski definition) is 3. The van der Waals surface area contributed by atoms with E-state index in [0.29, 0.717) is 18.6 Å². The Morgan fingerprint density at radius 1 is 1.44 bits per heavy atom. The average Bonchev–Trinajstić information content (AvgIpc) is 2.16. The summed E-state index contributed by atoms with van der Waals surface area (Å²) in [4.78, 5) is 10.4. The monoisotopic (exact) mass is 224 g/mol. The van der Waals surface area contributed by atoms with Crippen LogP contribution < -0.4 is 4.74 Å². The number of carbonyl (C=O) groups is 1. The minimum Gasteiger partial charge on any atom is -0.504 e. The van der Waals surface area contributed by atoms with Crippen molar-refractivity contribution >= 4 is 5.97 Å². The van der Waals surface area contributed by atoms with Crippen molar-refractivity contribution in [2.75, 3.05) is 7.11 Å². The number of ether oxygens (including phenoxy) is 1. The molecule has 0 saturated heterocycles. The number of rotatable bonds is 5. The van der Waals surface area contributed by atoms with Crippen molar-refractivity contribution in [1.82, 2.24) is 0 Å². The number of carboxylic acid groups (broad SMARTS) is 1. The maximum atomic E-state index is 10.4. The Morgan fingerprint density at radius 2 is 2.12 bits per heavy atom. The first kappa shape index (κ1) is 12.4. The smallest absolute Gasteiger partial charge is 0.303 e. The summed E-state index contributed by atoms with van der Waals surface area (Å²) in [7, 11) is 1.51. The van der Waals surface area contributed by atoms with Crippen LogP contribution in [0.3, 0.4) is 0 Å². The molecule has 0 aromatic heterocycles. The molecule has 2 N–H and O–H groups in total. The molecule has 4 nitrogen and oxygen atoms in total. The van der Waals surface area contributed by atoms with Gasteiger partial charge in [0.2, 0.25) is 0 Å². The normalized spacial score (nSPS) is 10.1. The second kappa shape index (κ2) is 5.39. The van der Waals surface area contributed by atoms with Gasteiger partial charge in [0.15, 0.2) is 11.5 Å². The summed E-state index contributed by atoms with van der Waals surface area (Å²) in [5.41, 5.74) is 1.78. The van der Waals surface area contributed by atoms with Gasteiger partial charge in [0.25, 0.3) is 0 Å². The van der Waals surface area contributed by atoms with Gasteiger partial charge in [-0.25, -0.2) is 0 Å². The quantitative estimate of drug-likeness (QED) is 0.803. The van der Waals surface area contributed by atoms with Gasteiger partial charge in [0.1, 0.15) is 0 Å². The standard InChI is InChI=1S/C12H16O4/c1-8-6-9(4-3-5-11(14)15)7-10(13)12(8)16-2/h6-7,13H,3-5H2,1-2H3,(H,14,15). The van der Waals surface area contributed by atoms with Gasteiger partial charge in [-0.1, -0.05) is 6.07 Å². The van der Waals surface area contributed by atoms with E-state index in [4.69, 9.17) is 9.84 Å². The minimum atomic E-state index is -0.797. The lowest BCUT2D eigenvalue weighted by atomic mass is 10.0. The highest BCUT2D eigenvalue weighted by molar-refractivity contribution is 5.66. The molecule has 16 heavy (non-hydrogen) atoms. The molecule has 0 aliphatic carbocycles. The molecule has 0 heterocycles. The lowest BCUT2D eigenvalue weighted by molar-refractivity contribution is -0.137. The van der Waals surface area contributed by atoms with Crippen LogP contribution in [0.4, 0.5) is 0 Å². The Labute approximate surface area is 94.5 Å². The van der Waals surface area contributed by atoms with Crippen LogP contribution in [0.2, 0.25) is 0 Å². The maximum absolute atomic E-state index is 10.4. The molecule has 4 heteroatoms. The van der Waals surface area contributed by atoms with Crippen molar-refractivity contribution in [3.05, 3.63) is 23.3 Å². The highest BCUT2D eigenvalue weighted by atomic mass is 16.5. The Balaban J connectivity index is 2.72. The predicted octanol–water partition coefficient (Wildman–Crippen LogP) is 2.12. The van der Waals surface area contributed by atoms with Crippen LogP contribution in [0.5, 0.6) is 11.5 Å². The molecule has 0 saturated carbocycles. The molecule has 1 aromatic carbocycles. The largest absolute Gasteiger partial charge is 0.504 e. The number of carboxylic acids is 1. The molecule has 0 bridgehead atoms. The Hall–Kier alpha value is -1.71. The van der Waals surface area contributed by atoms with E-state index in [-0.39, 0.29) is 12.2 Å². The molecule has 1 rings (SSSR count). The second-order valence-corrected chi connectivity index (χ2v) is 3.71. The fourth-order valence-corrected chi connectivity index (χ4v) is 1.68. The third kappa shape index (κ3) is 3.15. The lowest BCUT2D eigenvalue weighted by Gasteiger charge is -2.09. The van der Waals surface area contributed by atoms with Crippen LogP contribution in [0.15, 0.2) is 12.1 Å². The first-order valence-corrected chi connectivity index (χ1v) is 5.13. The Kier molecular flexibility index (Phi) is 4.17. The first-order valence-electron chi connectivity index (χ1n) is 5.13. The van der Waals surface area contributed by atoms with E-state index >= 15 is 0 Å². The SMILES string of the molecule is COc1c(C)cc(CCCC(=O)O)cc1O. The van der Waals surface area contributed by atoms with Gasteiger partial charge in [0.05, 0.1) is 7.11 Å². The summed E-state index contributed by atoms with van der Waals surface area (Å²) in [5, 5.41) is 18.2. The number of aryl methyl sites for hydroxylation is 2. The lowest BCUT2D eigenvalue weighted by Crippen LogP contribution is -1.97. The summed E-state index contributed by atoms with van der Waals surface area (Å²) in [6.45, 7) is 1.85. The number of aliphatic carboxylic acids is 1. The zero-order valence-corrected chi connectivity index (χ0v) is 9.49. The molecule has 0 amide bonds. The van der Waals surface area contributed by atoms with Crippen molar-refractivity contribution in [1.29, 1.82) is 0 Å². The molecule has 0 atom stereocenters. The van der Waals surface area contributed by atoms with Crippen LogP contribution >= 0.6 is 0 Å². The number of hydrogen-bond donors (Lipinski definition) is 2. The van der Waals surface area contributed by atoms with E-state index in [1.807, 2.05) is 13.0 Å². The van der Waals surface area contributed by atoms with Crippen LogP contribution in [-0.4, -0.2) is 23.3 Å². The molecule has 0 aliphatic rings. The van der Waals surface area contributed by atoms with Crippen molar-refractivity contribution in [2.45, 2.75) is 26.2 Å². The number of aromatic hydroxyl groups is 1. The van der Waals surface area contributed by atoms with E-state index in [0.717, 1.165) is 11.1 Å². The number of methoxy groups -OCH3 is 1. The molecule has 0 unspecified atom stereocenters. The van der Waals surface area contributed by atoms with Gasteiger partial charge in [0, 0.05) is 6.42 Å². The van der Waals surface area contributed by atoms with Crippen LogP contribution in [0.25, 0.3) is 0 Å². The molecule has 88 valence electrons. The third-order valence-electron chi connectivity index (χ3n) is 2.38. The number of phenolic OH excluding ortho intramolecular Hbond substituents is 1. The van der Waals surface area contributed by atoms with Crippen LogP contribution in [0.1, 0.15) is 24.0 Å². The van der Waals surface area contributed by atoms with E-state index in [9.17, 15) is 9.90 Å². The summed E-state index contributed by atoms with van der Waals surface area (Å²) in [6, 6.07) is 3.52. The van der Waals surface area contributed by atoms with Crippen molar-refractivity contribution < 1.29 is 19.7 Å². The highest BCUT2D eigenvalue weighted by Gasteiger charge is 2.07. The summed E-state index contributed by atoms with van der Waals surface area (Å²) in [5.74, 6) is -0.218. The summed E-state index contributed by atoms with van der Waals surface area (Å²) in [6.07, 6.45) is 1.36. The zero-order valence-electron chi connectivity index (χ0n) is 9.49. The summed E-state index contributed by atoms with van der Waals surface area (Å²) >= 11 is 0. The van der Waals surface area contributed by atoms with Gasteiger partial charge >= 0.3 is 5.97 Å².